The van der Waals surface area contributed by atoms with E-state index in [4.69, 9.17) is 0 Å². The lowest BCUT2D eigenvalue weighted by atomic mass is 9.84. The summed E-state index contributed by atoms with van der Waals surface area (Å²) >= 11 is 0. The van der Waals surface area contributed by atoms with Crippen LogP contribution >= 0.6 is 0 Å². The Morgan fingerprint density at radius 3 is 2.59 bits per heavy atom. The van der Waals surface area contributed by atoms with Crippen LogP contribution in [0.1, 0.15) is 49.3 Å². The summed E-state index contributed by atoms with van der Waals surface area (Å²) in [5.41, 5.74) is 3.89. The molecule has 1 spiro atoms. The van der Waals surface area contributed by atoms with Crippen molar-refractivity contribution in [3.05, 3.63) is 34.9 Å². The van der Waals surface area contributed by atoms with Crippen molar-refractivity contribution in [2.45, 2.75) is 44.6 Å². The molecule has 2 heteroatoms. The van der Waals surface area contributed by atoms with E-state index in [1.54, 1.807) is 0 Å². The molecule has 90 valence electrons. The van der Waals surface area contributed by atoms with Crippen LogP contribution in [0.5, 0.6) is 0 Å². The van der Waals surface area contributed by atoms with Crippen molar-refractivity contribution in [2.75, 3.05) is 7.05 Å². The summed E-state index contributed by atoms with van der Waals surface area (Å²) in [6, 6.07) is 6.69. The predicted molar refractivity (Wildman–Crippen MR) is 67.9 cm³/mol. The second-order valence-corrected chi connectivity index (χ2v) is 5.81. The Labute approximate surface area is 103 Å². The van der Waals surface area contributed by atoms with Crippen molar-refractivity contribution >= 4 is 5.91 Å². The van der Waals surface area contributed by atoms with Crippen LogP contribution in [0.2, 0.25) is 0 Å². The van der Waals surface area contributed by atoms with Crippen LogP contribution < -0.4 is 0 Å². The average Bonchev–Trinajstić information content (AvgIpc) is 3.07. The van der Waals surface area contributed by atoms with Gasteiger partial charge in [-0.15, -0.1) is 0 Å². The third-order valence-corrected chi connectivity index (χ3v) is 4.23. The SMILES string of the molecule is CC(C)c1ccc2c(c1)CN(C)C(=O)C21CC1. The van der Waals surface area contributed by atoms with Crippen LogP contribution in [-0.4, -0.2) is 17.9 Å². The van der Waals surface area contributed by atoms with Crippen LogP contribution in [0.4, 0.5) is 0 Å². The second-order valence-electron chi connectivity index (χ2n) is 5.81. The number of hydrogen-bond acceptors (Lipinski definition) is 1. The first kappa shape index (κ1) is 10.8. The molecule has 3 rings (SSSR count). The van der Waals surface area contributed by atoms with Gasteiger partial charge in [0.2, 0.25) is 5.91 Å². The monoisotopic (exact) mass is 229 g/mol. The predicted octanol–water partition coefficient (Wildman–Crippen LogP) is 2.81. The molecule has 1 aromatic carbocycles. The van der Waals surface area contributed by atoms with Gasteiger partial charge in [0.25, 0.3) is 0 Å². The minimum absolute atomic E-state index is 0.141. The average molecular weight is 229 g/mol. The fourth-order valence-corrected chi connectivity index (χ4v) is 2.99. The summed E-state index contributed by atoms with van der Waals surface area (Å²) in [7, 11) is 1.92. The van der Waals surface area contributed by atoms with Gasteiger partial charge < -0.3 is 4.90 Å². The number of benzene rings is 1. The molecule has 1 aromatic rings. The van der Waals surface area contributed by atoms with E-state index < -0.39 is 0 Å². The van der Waals surface area contributed by atoms with Gasteiger partial charge in [-0.1, -0.05) is 32.0 Å². The van der Waals surface area contributed by atoms with E-state index in [0.29, 0.717) is 11.8 Å². The molecule has 1 heterocycles. The van der Waals surface area contributed by atoms with Gasteiger partial charge in [0.15, 0.2) is 0 Å². The Morgan fingerprint density at radius 1 is 1.29 bits per heavy atom. The molecule has 0 N–H and O–H groups in total. The molecule has 0 radical (unpaired) electrons. The lowest BCUT2D eigenvalue weighted by molar-refractivity contribution is -0.134. The maximum absolute atomic E-state index is 12.2. The zero-order valence-corrected chi connectivity index (χ0v) is 10.8. The number of fused-ring (bicyclic) bond motifs is 2. The van der Waals surface area contributed by atoms with Crippen molar-refractivity contribution in [1.82, 2.24) is 4.90 Å². The normalized spacial score (nSPS) is 20.9. The first-order valence-corrected chi connectivity index (χ1v) is 6.43. The van der Waals surface area contributed by atoms with Gasteiger partial charge in [-0.3, -0.25) is 4.79 Å². The largest absolute Gasteiger partial charge is 0.341 e. The molecular weight excluding hydrogens is 210 g/mol. The quantitative estimate of drug-likeness (QED) is 0.725. The summed E-state index contributed by atoms with van der Waals surface area (Å²) < 4.78 is 0. The van der Waals surface area contributed by atoms with Gasteiger partial charge in [0.1, 0.15) is 0 Å². The van der Waals surface area contributed by atoms with Gasteiger partial charge in [-0.05, 0) is 35.4 Å². The topological polar surface area (TPSA) is 20.3 Å². The Hall–Kier alpha value is -1.31. The summed E-state index contributed by atoms with van der Waals surface area (Å²) in [4.78, 5) is 14.1. The molecule has 1 fully saturated rings. The maximum Gasteiger partial charge on any atom is 0.233 e. The van der Waals surface area contributed by atoms with Gasteiger partial charge in [0, 0.05) is 13.6 Å². The Kier molecular flexibility index (Phi) is 2.13. The van der Waals surface area contributed by atoms with Crippen LogP contribution in [0.15, 0.2) is 18.2 Å². The maximum atomic E-state index is 12.2. The van der Waals surface area contributed by atoms with Gasteiger partial charge in [0.05, 0.1) is 5.41 Å². The van der Waals surface area contributed by atoms with E-state index in [9.17, 15) is 4.79 Å². The molecule has 0 bridgehead atoms. The van der Waals surface area contributed by atoms with Gasteiger partial charge in [-0.25, -0.2) is 0 Å². The first-order chi connectivity index (χ1) is 8.04. The number of hydrogen-bond donors (Lipinski definition) is 0. The van der Waals surface area contributed by atoms with Crippen molar-refractivity contribution < 1.29 is 4.79 Å². The zero-order valence-electron chi connectivity index (χ0n) is 10.8. The van der Waals surface area contributed by atoms with Crippen LogP contribution in [0.25, 0.3) is 0 Å². The number of rotatable bonds is 1. The van der Waals surface area contributed by atoms with Crippen molar-refractivity contribution in [3.8, 4) is 0 Å². The summed E-state index contributed by atoms with van der Waals surface area (Å²) in [5, 5.41) is 0. The second kappa shape index (κ2) is 3.34. The number of amides is 1. The summed E-state index contributed by atoms with van der Waals surface area (Å²) in [6.45, 7) is 5.20. The molecule has 17 heavy (non-hydrogen) atoms. The van der Waals surface area contributed by atoms with E-state index in [2.05, 4.69) is 32.0 Å². The lowest BCUT2D eigenvalue weighted by Gasteiger charge is -2.32. The highest BCUT2D eigenvalue weighted by molar-refractivity contribution is 5.93. The Bertz CT molecular complexity index is 486. The zero-order chi connectivity index (χ0) is 12.2. The number of carbonyl (C=O) groups is 1. The van der Waals surface area contributed by atoms with Gasteiger partial charge in [-0.2, -0.15) is 0 Å². The highest BCUT2D eigenvalue weighted by Gasteiger charge is 2.55. The summed E-state index contributed by atoms with van der Waals surface area (Å²) in [5.74, 6) is 0.876. The van der Waals surface area contributed by atoms with Crippen LogP contribution in [-0.2, 0) is 16.8 Å². The minimum atomic E-state index is -0.141. The van der Waals surface area contributed by atoms with E-state index >= 15 is 0 Å². The summed E-state index contributed by atoms with van der Waals surface area (Å²) in [6.07, 6.45) is 2.06. The first-order valence-electron chi connectivity index (χ1n) is 6.43. The molecule has 2 aliphatic rings. The smallest absolute Gasteiger partial charge is 0.233 e. The molecule has 0 unspecified atom stereocenters. The van der Waals surface area contributed by atoms with Crippen molar-refractivity contribution in [2.24, 2.45) is 0 Å². The molecule has 0 saturated heterocycles. The Morgan fingerprint density at radius 2 is 2.00 bits per heavy atom. The molecule has 1 aliphatic heterocycles. The number of likely N-dealkylation sites (N-methyl/N-ethyl adjacent to an activating group) is 1. The highest BCUT2D eigenvalue weighted by atomic mass is 16.2. The number of nitrogens with zero attached hydrogens (tertiary/aromatic N) is 1. The van der Waals surface area contributed by atoms with Gasteiger partial charge >= 0.3 is 0 Å². The molecule has 1 amide bonds. The fourth-order valence-electron chi connectivity index (χ4n) is 2.99. The van der Waals surface area contributed by atoms with Crippen LogP contribution in [0.3, 0.4) is 0 Å². The fraction of sp³-hybridized carbons (Fsp3) is 0.533. The van der Waals surface area contributed by atoms with Crippen molar-refractivity contribution in [3.63, 3.8) is 0 Å². The Balaban J connectivity index is 2.11. The molecule has 0 aromatic heterocycles. The van der Waals surface area contributed by atoms with Crippen LogP contribution in [0, 0.1) is 0 Å². The van der Waals surface area contributed by atoms with E-state index in [-0.39, 0.29) is 5.41 Å². The van der Waals surface area contributed by atoms with E-state index in [1.165, 1.54) is 16.7 Å². The highest BCUT2D eigenvalue weighted by Crippen LogP contribution is 2.53. The van der Waals surface area contributed by atoms with E-state index in [1.807, 2.05) is 11.9 Å². The lowest BCUT2D eigenvalue weighted by Crippen LogP contribution is -2.41. The third kappa shape index (κ3) is 1.43. The van der Waals surface area contributed by atoms with Crippen molar-refractivity contribution in [1.29, 1.82) is 0 Å². The molecule has 1 aliphatic carbocycles. The molecular formula is C15H19NO. The number of carbonyl (C=O) groups excluding carboxylic acids is 1. The minimum Gasteiger partial charge on any atom is -0.341 e. The molecule has 1 saturated carbocycles. The third-order valence-electron chi connectivity index (χ3n) is 4.23. The van der Waals surface area contributed by atoms with E-state index in [0.717, 1.165) is 19.4 Å². The molecule has 0 atom stereocenters. The molecule has 2 nitrogen and oxygen atoms in total. The standard InChI is InChI=1S/C15H19NO/c1-10(2)11-4-5-13-12(8-11)9-16(3)14(17)15(13)6-7-15/h4-5,8,10H,6-7,9H2,1-3H3.